The summed E-state index contributed by atoms with van der Waals surface area (Å²) in [5.41, 5.74) is 6.53. The minimum Gasteiger partial charge on any atom is -0.337 e. The normalized spacial score (nSPS) is 18.7. The summed E-state index contributed by atoms with van der Waals surface area (Å²) in [6, 6.07) is -0.0427. The molecule has 0 radical (unpaired) electrons. The molecule has 2 rings (SSSR count). The number of amides is 1. The molecule has 4 nitrogen and oxygen atoms in total. The summed E-state index contributed by atoms with van der Waals surface area (Å²) in [6.07, 6.45) is 6.83. The third-order valence-corrected chi connectivity index (χ3v) is 4.62. The third kappa shape index (κ3) is 3.76. The maximum absolute atomic E-state index is 12.4. The van der Waals surface area contributed by atoms with Crippen LogP contribution in [0.25, 0.3) is 0 Å². The quantitative estimate of drug-likeness (QED) is 0.926. The first-order valence-corrected chi connectivity index (χ1v) is 8.10. The van der Waals surface area contributed by atoms with Crippen molar-refractivity contribution >= 4 is 17.2 Å². The Bertz CT molecular complexity index is 411. The Kier molecular flexibility index (Phi) is 5.34. The van der Waals surface area contributed by atoms with Crippen LogP contribution in [0, 0.1) is 0 Å². The SMILES string of the molecule is CCC(N)c1nc(C(=O)N2CCCCCCC2)cs1. The minimum absolute atomic E-state index is 0.0427. The van der Waals surface area contributed by atoms with E-state index < -0.39 is 0 Å². The molecule has 1 aliphatic heterocycles. The van der Waals surface area contributed by atoms with Crippen molar-refractivity contribution in [1.29, 1.82) is 0 Å². The molecule has 1 unspecified atom stereocenters. The van der Waals surface area contributed by atoms with Crippen LogP contribution in [-0.4, -0.2) is 28.9 Å². The van der Waals surface area contributed by atoms with Gasteiger partial charge in [0, 0.05) is 18.5 Å². The second-order valence-corrected chi connectivity index (χ2v) is 6.04. The van der Waals surface area contributed by atoms with Crippen molar-refractivity contribution in [1.82, 2.24) is 9.88 Å². The number of carbonyl (C=O) groups is 1. The van der Waals surface area contributed by atoms with Gasteiger partial charge in [-0.15, -0.1) is 11.3 Å². The summed E-state index contributed by atoms with van der Waals surface area (Å²) in [7, 11) is 0. The Morgan fingerprint density at radius 2 is 2.00 bits per heavy atom. The first-order chi connectivity index (χ1) is 9.22. The van der Waals surface area contributed by atoms with Crippen molar-refractivity contribution in [3.8, 4) is 0 Å². The molecule has 19 heavy (non-hydrogen) atoms. The third-order valence-electron chi connectivity index (χ3n) is 3.64. The van der Waals surface area contributed by atoms with Crippen LogP contribution < -0.4 is 5.73 Å². The van der Waals surface area contributed by atoms with Gasteiger partial charge in [-0.25, -0.2) is 4.98 Å². The molecule has 1 saturated heterocycles. The van der Waals surface area contributed by atoms with Crippen LogP contribution in [0.5, 0.6) is 0 Å². The summed E-state index contributed by atoms with van der Waals surface area (Å²) in [5, 5.41) is 2.73. The number of likely N-dealkylation sites (tertiary alicyclic amines) is 1. The fourth-order valence-electron chi connectivity index (χ4n) is 2.34. The minimum atomic E-state index is -0.0427. The standard InChI is InChI=1S/C14H23N3OS/c1-2-11(15)13-16-12(10-19-13)14(18)17-8-6-4-3-5-7-9-17/h10-11H,2-9,15H2,1H3. The Morgan fingerprint density at radius 1 is 1.37 bits per heavy atom. The van der Waals surface area contributed by atoms with Crippen molar-refractivity contribution in [3.05, 3.63) is 16.1 Å². The Balaban J connectivity index is 2.03. The lowest BCUT2D eigenvalue weighted by molar-refractivity contribution is 0.0737. The highest BCUT2D eigenvalue weighted by Gasteiger charge is 2.20. The van der Waals surface area contributed by atoms with E-state index in [4.69, 9.17) is 5.73 Å². The molecule has 1 atom stereocenters. The predicted molar refractivity (Wildman–Crippen MR) is 78.3 cm³/mol. The Hall–Kier alpha value is -0.940. The van der Waals surface area contributed by atoms with E-state index in [0.29, 0.717) is 5.69 Å². The predicted octanol–water partition coefficient (Wildman–Crippen LogP) is 2.96. The molecule has 0 aliphatic carbocycles. The average molecular weight is 281 g/mol. The number of thiazole rings is 1. The summed E-state index contributed by atoms with van der Waals surface area (Å²) >= 11 is 1.50. The maximum Gasteiger partial charge on any atom is 0.273 e. The van der Waals surface area contributed by atoms with Gasteiger partial charge in [-0.05, 0) is 19.3 Å². The lowest BCUT2D eigenvalue weighted by Gasteiger charge is -2.23. The molecule has 106 valence electrons. The lowest BCUT2D eigenvalue weighted by atomic mass is 10.1. The van der Waals surface area contributed by atoms with Crippen LogP contribution in [0.15, 0.2) is 5.38 Å². The molecule has 1 fully saturated rings. The van der Waals surface area contributed by atoms with Crippen molar-refractivity contribution in [2.75, 3.05) is 13.1 Å². The van der Waals surface area contributed by atoms with E-state index in [0.717, 1.165) is 37.4 Å². The zero-order valence-corrected chi connectivity index (χ0v) is 12.4. The van der Waals surface area contributed by atoms with Gasteiger partial charge in [-0.2, -0.15) is 0 Å². The van der Waals surface area contributed by atoms with Crippen molar-refractivity contribution in [2.24, 2.45) is 5.73 Å². The van der Waals surface area contributed by atoms with Gasteiger partial charge in [0.25, 0.3) is 5.91 Å². The molecule has 2 N–H and O–H groups in total. The fourth-order valence-corrected chi connectivity index (χ4v) is 3.22. The Labute approximate surface area is 119 Å². The number of hydrogen-bond acceptors (Lipinski definition) is 4. The van der Waals surface area contributed by atoms with Crippen molar-refractivity contribution in [2.45, 2.75) is 51.5 Å². The topological polar surface area (TPSA) is 59.2 Å². The number of hydrogen-bond donors (Lipinski definition) is 1. The zero-order valence-electron chi connectivity index (χ0n) is 11.6. The van der Waals surface area contributed by atoms with Crippen molar-refractivity contribution < 1.29 is 4.79 Å². The smallest absolute Gasteiger partial charge is 0.273 e. The van der Waals surface area contributed by atoms with Crippen LogP contribution in [0.2, 0.25) is 0 Å². The molecular formula is C14H23N3OS. The molecule has 1 aromatic heterocycles. The van der Waals surface area contributed by atoms with E-state index in [2.05, 4.69) is 4.98 Å². The van der Waals surface area contributed by atoms with Crippen LogP contribution in [0.4, 0.5) is 0 Å². The lowest BCUT2D eigenvalue weighted by Crippen LogP contribution is -2.34. The van der Waals surface area contributed by atoms with E-state index in [1.54, 1.807) is 0 Å². The van der Waals surface area contributed by atoms with Crippen LogP contribution in [-0.2, 0) is 0 Å². The molecule has 1 amide bonds. The highest BCUT2D eigenvalue weighted by atomic mass is 32.1. The van der Waals surface area contributed by atoms with Gasteiger partial charge in [0.1, 0.15) is 10.7 Å². The first-order valence-electron chi connectivity index (χ1n) is 7.22. The van der Waals surface area contributed by atoms with E-state index in [-0.39, 0.29) is 11.9 Å². The number of nitrogens with two attached hydrogens (primary N) is 1. The number of carbonyl (C=O) groups excluding carboxylic acids is 1. The second-order valence-electron chi connectivity index (χ2n) is 5.15. The van der Waals surface area contributed by atoms with Gasteiger partial charge in [0.2, 0.25) is 0 Å². The van der Waals surface area contributed by atoms with Gasteiger partial charge < -0.3 is 10.6 Å². The molecule has 0 spiro atoms. The highest BCUT2D eigenvalue weighted by molar-refractivity contribution is 7.09. The first kappa shape index (κ1) is 14.5. The van der Waals surface area contributed by atoms with Gasteiger partial charge in [-0.1, -0.05) is 26.2 Å². The Morgan fingerprint density at radius 3 is 2.63 bits per heavy atom. The van der Waals surface area contributed by atoms with Crippen LogP contribution in [0.3, 0.4) is 0 Å². The monoisotopic (exact) mass is 281 g/mol. The number of rotatable bonds is 3. The summed E-state index contributed by atoms with van der Waals surface area (Å²) < 4.78 is 0. The average Bonchev–Trinajstić information content (AvgIpc) is 2.86. The summed E-state index contributed by atoms with van der Waals surface area (Å²) in [6.45, 7) is 3.77. The molecule has 0 bridgehead atoms. The molecular weight excluding hydrogens is 258 g/mol. The molecule has 2 heterocycles. The number of aromatic nitrogens is 1. The van der Waals surface area contributed by atoms with Crippen molar-refractivity contribution in [3.63, 3.8) is 0 Å². The van der Waals surface area contributed by atoms with E-state index in [1.807, 2.05) is 17.2 Å². The van der Waals surface area contributed by atoms with Gasteiger partial charge in [0.15, 0.2) is 0 Å². The molecule has 0 saturated carbocycles. The van der Waals surface area contributed by atoms with E-state index in [1.165, 1.54) is 30.6 Å². The molecule has 1 aliphatic rings. The maximum atomic E-state index is 12.4. The highest BCUT2D eigenvalue weighted by Crippen LogP contribution is 2.20. The fraction of sp³-hybridized carbons (Fsp3) is 0.714. The van der Waals surface area contributed by atoms with Crippen LogP contribution in [0.1, 0.15) is 67.0 Å². The van der Waals surface area contributed by atoms with Gasteiger partial charge in [-0.3, -0.25) is 4.79 Å². The largest absolute Gasteiger partial charge is 0.337 e. The van der Waals surface area contributed by atoms with E-state index in [9.17, 15) is 4.79 Å². The van der Waals surface area contributed by atoms with Gasteiger partial charge >= 0.3 is 0 Å². The zero-order chi connectivity index (χ0) is 13.7. The summed E-state index contributed by atoms with van der Waals surface area (Å²) in [4.78, 5) is 18.8. The summed E-state index contributed by atoms with van der Waals surface area (Å²) in [5.74, 6) is 0.0766. The van der Waals surface area contributed by atoms with Gasteiger partial charge in [0.05, 0.1) is 6.04 Å². The second kappa shape index (κ2) is 7.01. The molecule has 1 aromatic rings. The molecule has 5 heteroatoms. The number of nitrogens with zero attached hydrogens (tertiary/aromatic N) is 2. The van der Waals surface area contributed by atoms with Crippen LogP contribution >= 0.6 is 11.3 Å². The molecule has 0 aromatic carbocycles. The van der Waals surface area contributed by atoms with E-state index >= 15 is 0 Å².